The first-order chi connectivity index (χ1) is 10.7. The molecule has 2 aromatic rings. The number of aromatic nitrogens is 1. The molecular formula is C17H21N3O2. The standard InChI is InChI=1S/C17H21N3O2/c1-4-13(5-2)16-20-15(10-18)17(22-16)19-11-12-6-8-14(21-3)9-7-12/h6-9,13,19H,4-5,11H2,1-3H3. The number of nitrogens with one attached hydrogen (secondary N) is 1. The van der Waals surface area contributed by atoms with E-state index in [2.05, 4.69) is 30.2 Å². The van der Waals surface area contributed by atoms with Crippen molar-refractivity contribution in [2.75, 3.05) is 12.4 Å². The van der Waals surface area contributed by atoms with Crippen LogP contribution < -0.4 is 10.1 Å². The van der Waals surface area contributed by atoms with E-state index in [9.17, 15) is 5.26 Å². The van der Waals surface area contributed by atoms with Crippen molar-refractivity contribution in [1.29, 1.82) is 5.26 Å². The van der Waals surface area contributed by atoms with Crippen molar-refractivity contribution >= 4 is 5.88 Å². The van der Waals surface area contributed by atoms with Gasteiger partial charge in [0.2, 0.25) is 17.5 Å². The number of benzene rings is 1. The molecular weight excluding hydrogens is 278 g/mol. The first-order valence-corrected chi connectivity index (χ1v) is 7.49. The fourth-order valence-corrected chi connectivity index (χ4v) is 2.27. The Balaban J connectivity index is 2.09. The van der Waals surface area contributed by atoms with Gasteiger partial charge in [-0.15, -0.1) is 0 Å². The van der Waals surface area contributed by atoms with Crippen molar-refractivity contribution in [3.8, 4) is 11.8 Å². The maximum Gasteiger partial charge on any atom is 0.232 e. The Kier molecular flexibility index (Phi) is 5.42. The topological polar surface area (TPSA) is 71.1 Å². The van der Waals surface area contributed by atoms with E-state index in [1.54, 1.807) is 7.11 Å². The fourth-order valence-electron chi connectivity index (χ4n) is 2.27. The first-order valence-electron chi connectivity index (χ1n) is 7.49. The molecule has 0 aliphatic rings. The molecule has 0 unspecified atom stereocenters. The molecule has 5 nitrogen and oxygen atoms in total. The van der Waals surface area contributed by atoms with Gasteiger partial charge in [-0.25, -0.2) is 4.98 Å². The van der Waals surface area contributed by atoms with Gasteiger partial charge in [0.25, 0.3) is 0 Å². The van der Waals surface area contributed by atoms with E-state index in [-0.39, 0.29) is 5.92 Å². The van der Waals surface area contributed by atoms with Gasteiger partial charge in [-0.3, -0.25) is 0 Å². The minimum atomic E-state index is 0.253. The average Bonchev–Trinajstić information content (AvgIpc) is 2.97. The van der Waals surface area contributed by atoms with Gasteiger partial charge in [0.05, 0.1) is 7.11 Å². The Morgan fingerprint density at radius 1 is 1.27 bits per heavy atom. The SMILES string of the molecule is CCC(CC)c1nc(C#N)c(NCc2ccc(OC)cc2)o1. The summed E-state index contributed by atoms with van der Waals surface area (Å²) in [6.45, 7) is 4.75. The van der Waals surface area contributed by atoms with Crippen LogP contribution in [0.5, 0.6) is 5.75 Å². The van der Waals surface area contributed by atoms with Crippen LogP contribution in [0, 0.1) is 11.3 Å². The second kappa shape index (κ2) is 7.51. The molecule has 0 fully saturated rings. The third-order valence-electron chi connectivity index (χ3n) is 3.70. The number of methoxy groups -OCH3 is 1. The number of rotatable bonds is 7. The average molecular weight is 299 g/mol. The number of anilines is 1. The summed E-state index contributed by atoms with van der Waals surface area (Å²) in [6, 6.07) is 9.82. The third kappa shape index (κ3) is 3.59. The first kappa shape index (κ1) is 15.9. The van der Waals surface area contributed by atoms with E-state index in [1.165, 1.54) is 0 Å². The molecule has 22 heavy (non-hydrogen) atoms. The van der Waals surface area contributed by atoms with Crippen LogP contribution in [0.25, 0.3) is 0 Å². The predicted octanol–water partition coefficient (Wildman–Crippen LogP) is 4.07. The predicted molar refractivity (Wildman–Crippen MR) is 84.9 cm³/mol. The summed E-state index contributed by atoms with van der Waals surface area (Å²) in [7, 11) is 1.64. The van der Waals surface area contributed by atoms with Crippen molar-refractivity contribution < 1.29 is 9.15 Å². The fraction of sp³-hybridized carbons (Fsp3) is 0.412. The van der Waals surface area contributed by atoms with Crippen LogP contribution in [0.2, 0.25) is 0 Å². The normalized spacial score (nSPS) is 10.5. The lowest BCUT2D eigenvalue weighted by atomic mass is 10.0. The monoisotopic (exact) mass is 299 g/mol. The van der Waals surface area contributed by atoms with Gasteiger partial charge in [0.1, 0.15) is 11.8 Å². The Labute approximate surface area is 130 Å². The highest BCUT2D eigenvalue weighted by Gasteiger charge is 2.18. The van der Waals surface area contributed by atoms with Crippen LogP contribution in [-0.2, 0) is 6.54 Å². The highest BCUT2D eigenvalue weighted by Crippen LogP contribution is 2.27. The Hall–Kier alpha value is -2.48. The molecule has 116 valence electrons. The van der Waals surface area contributed by atoms with E-state index in [4.69, 9.17) is 9.15 Å². The molecule has 0 spiro atoms. The van der Waals surface area contributed by atoms with Crippen LogP contribution in [0.15, 0.2) is 28.7 Å². The van der Waals surface area contributed by atoms with Crippen molar-refractivity contribution in [1.82, 2.24) is 4.98 Å². The molecule has 1 aromatic heterocycles. The number of hydrogen-bond donors (Lipinski definition) is 1. The summed E-state index contributed by atoms with van der Waals surface area (Å²) >= 11 is 0. The highest BCUT2D eigenvalue weighted by atomic mass is 16.5. The summed E-state index contributed by atoms with van der Waals surface area (Å²) in [5.41, 5.74) is 1.39. The second-order valence-electron chi connectivity index (χ2n) is 5.06. The van der Waals surface area contributed by atoms with Crippen LogP contribution in [0.4, 0.5) is 5.88 Å². The summed E-state index contributed by atoms with van der Waals surface area (Å²) in [5, 5.41) is 12.3. The summed E-state index contributed by atoms with van der Waals surface area (Å²) in [4.78, 5) is 4.30. The van der Waals surface area contributed by atoms with E-state index in [0.717, 1.165) is 24.2 Å². The van der Waals surface area contributed by atoms with E-state index in [1.807, 2.05) is 24.3 Å². The van der Waals surface area contributed by atoms with Gasteiger partial charge >= 0.3 is 0 Å². The molecule has 0 amide bonds. The van der Waals surface area contributed by atoms with Crippen LogP contribution in [0.3, 0.4) is 0 Å². The molecule has 1 heterocycles. The van der Waals surface area contributed by atoms with Crippen molar-refractivity contribution in [2.24, 2.45) is 0 Å². The lowest BCUT2D eigenvalue weighted by molar-refractivity contribution is 0.414. The van der Waals surface area contributed by atoms with Gasteiger partial charge in [-0.05, 0) is 30.5 Å². The maximum absolute atomic E-state index is 9.20. The smallest absolute Gasteiger partial charge is 0.232 e. The minimum absolute atomic E-state index is 0.253. The molecule has 1 N–H and O–H groups in total. The molecule has 0 radical (unpaired) electrons. The quantitative estimate of drug-likeness (QED) is 0.834. The van der Waals surface area contributed by atoms with Crippen LogP contribution in [-0.4, -0.2) is 12.1 Å². The number of nitriles is 1. The van der Waals surface area contributed by atoms with Gasteiger partial charge in [0.15, 0.2) is 0 Å². The molecule has 0 atom stereocenters. The summed E-state index contributed by atoms with van der Waals surface area (Å²) < 4.78 is 10.9. The van der Waals surface area contributed by atoms with Gasteiger partial charge in [0, 0.05) is 12.5 Å². The molecule has 1 aromatic carbocycles. The van der Waals surface area contributed by atoms with Gasteiger partial charge in [-0.2, -0.15) is 5.26 Å². The Bertz CT molecular complexity index is 637. The molecule has 2 rings (SSSR count). The number of ether oxygens (including phenoxy) is 1. The largest absolute Gasteiger partial charge is 0.497 e. The molecule has 0 aliphatic carbocycles. The van der Waals surface area contributed by atoms with Crippen LogP contribution in [0.1, 0.15) is 49.8 Å². The second-order valence-corrected chi connectivity index (χ2v) is 5.06. The van der Waals surface area contributed by atoms with Gasteiger partial charge < -0.3 is 14.5 Å². The number of nitrogens with zero attached hydrogens (tertiary/aromatic N) is 2. The number of oxazole rings is 1. The van der Waals surface area contributed by atoms with Gasteiger partial charge in [-0.1, -0.05) is 26.0 Å². The zero-order valence-electron chi connectivity index (χ0n) is 13.2. The maximum atomic E-state index is 9.20. The van der Waals surface area contributed by atoms with Crippen LogP contribution >= 0.6 is 0 Å². The van der Waals surface area contributed by atoms with E-state index in [0.29, 0.717) is 24.0 Å². The lowest BCUT2D eigenvalue weighted by Crippen LogP contribution is -1.99. The van der Waals surface area contributed by atoms with Crippen molar-refractivity contribution in [2.45, 2.75) is 39.2 Å². The zero-order chi connectivity index (χ0) is 15.9. The van der Waals surface area contributed by atoms with E-state index >= 15 is 0 Å². The minimum Gasteiger partial charge on any atom is -0.497 e. The highest BCUT2D eigenvalue weighted by molar-refractivity contribution is 5.46. The zero-order valence-corrected chi connectivity index (χ0v) is 13.2. The Morgan fingerprint density at radius 2 is 1.95 bits per heavy atom. The van der Waals surface area contributed by atoms with Crippen molar-refractivity contribution in [3.63, 3.8) is 0 Å². The molecule has 0 saturated carbocycles. The number of hydrogen-bond acceptors (Lipinski definition) is 5. The Morgan fingerprint density at radius 3 is 2.50 bits per heavy atom. The van der Waals surface area contributed by atoms with Crippen molar-refractivity contribution in [3.05, 3.63) is 41.4 Å². The van der Waals surface area contributed by atoms with E-state index < -0.39 is 0 Å². The summed E-state index contributed by atoms with van der Waals surface area (Å²) in [6.07, 6.45) is 1.89. The molecule has 0 aliphatic heterocycles. The molecule has 5 heteroatoms. The molecule has 0 saturated heterocycles. The third-order valence-corrected chi connectivity index (χ3v) is 3.70. The molecule has 0 bridgehead atoms. The summed E-state index contributed by atoms with van der Waals surface area (Å²) in [5.74, 6) is 2.15. The lowest BCUT2D eigenvalue weighted by Gasteiger charge is -2.07.